The van der Waals surface area contributed by atoms with Crippen molar-refractivity contribution in [3.63, 3.8) is 0 Å². The minimum Gasteiger partial charge on any atom is -0.466 e. The van der Waals surface area contributed by atoms with Crippen LogP contribution in [-0.2, 0) is 9.53 Å². The molecular weight excluding hydrogens is 200 g/mol. The van der Waals surface area contributed by atoms with Crippen molar-refractivity contribution in [2.24, 2.45) is 5.73 Å². The third kappa shape index (κ3) is 9.38. The van der Waals surface area contributed by atoms with Crippen LogP contribution in [0, 0.1) is 5.41 Å². The number of rotatable bonds is 7. The molecule has 82 valence electrons. The van der Waals surface area contributed by atoms with Crippen LogP contribution in [0.4, 0.5) is 0 Å². The van der Waals surface area contributed by atoms with E-state index in [2.05, 4.69) is 0 Å². The third-order valence-electron chi connectivity index (χ3n) is 1.59. The number of unbranched alkanes of at least 4 members (excludes halogenated alkanes) is 2. The van der Waals surface area contributed by atoms with E-state index in [-0.39, 0.29) is 11.1 Å². The summed E-state index contributed by atoms with van der Waals surface area (Å²) in [6, 6.07) is 0. The fourth-order valence-electron chi connectivity index (χ4n) is 0.963. The van der Waals surface area contributed by atoms with Crippen LogP contribution >= 0.6 is 11.8 Å². The maximum Gasteiger partial charge on any atom is 0.305 e. The first-order valence-corrected chi connectivity index (χ1v) is 5.77. The zero-order valence-corrected chi connectivity index (χ0v) is 9.36. The summed E-state index contributed by atoms with van der Waals surface area (Å²) in [6.07, 6.45) is 3.33. The summed E-state index contributed by atoms with van der Waals surface area (Å²) in [5.74, 6) is 0.741. The second kappa shape index (κ2) is 8.87. The van der Waals surface area contributed by atoms with Crippen molar-refractivity contribution in [3.05, 3.63) is 0 Å². The predicted octanol–water partition coefficient (Wildman–Crippen LogP) is 1.74. The van der Waals surface area contributed by atoms with E-state index in [1.54, 1.807) is 6.92 Å². The number of esters is 1. The van der Waals surface area contributed by atoms with Gasteiger partial charge in [0, 0.05) is 12.2 Å². The van der Waals surface area contributed by atoms with E-state index < -0.39 is 0 Å². The average Bonchev–Trinajstić information content (AvgIpc) is 2.11. The summed E-state index contributed by atoms with van der Waals surface area (Å²) in [4.78, 5) is 10.9. The summed E-state index contributed by atoms with van der Waals surface area (Å²) in [7, 11) is 0. The average molecular weight is 218 g/mol. The van der Waals surface area contributed by atoms with Gasteiger partial charge in [0.15, 0.2) is 5.17 Å². The fraction of sp³-hybridized carbons (Fsp3) is 0.778. The summed E-state index contributed by atoms with van der Waals surface area (Å²) < 4.78 is 4.79. The molecule has 0 saturated heterocycles. The smallest absolute Gasteiger partial charge is 0.305 e. The van der Waals surface area contributed by atoms with Gasteiger partial charge in [0.1, 0.15) is 0 Å². The van der Waals surface area contributed by atoms with Crippen LogP contribution in [0.2, 0.25) is 0 Å². The number of amidine groups is 1. The Morgan fingerprint density at radius 3 is 2.71 bits per heavy atom. The molecule has 0 aliphatic heterocycles. The molecule has 0 fully saturated rings. The van der Waals surface area contributed by atoms with Gasteiger partial charge >= 0.3 is 5.97 Å². The molecule has 14 heavy (non-hydrogen) atoms. The number of hydrogen-bond acceptors (Lipinski definition) is 4. The summed E-state index contributed by atoms with van der Waals surface area (Å²) in [6.45, 7) is 2.26. The van der Waals surface area contributed by atoms with E-state index in [0.717, 1.165) is 25.0 Å². The number of carbonyl (C=O) groups is 1. The lowest BCUT2D eigenvalue weighted by molar-refractivity contribution is -0.143. The molecule has 0 aromatic rings. The number of hydrogen-bond donors (Lipinski definition) is 2. The summed E-state index contributed by atoms with van der Waals surface area (Å²) in [5.41, 5.74) is 5.17. The highest BCUT2D eigenvalue weighted by atomic mass is 32.2. The van der Waals surface area contributed by atoms with Gasteiger partial charge in [-0.05, 0) is 19.8 Å². The van der Waals surface area contributed by atoms with E-state index in [4.69, 9.17) is 15.9 Å². The van der Waals surface area contributed by atoms with E-state index in [1.807, 2.05) is 0 Å². The first-order chi connectivity index (χ1) is 6.66. The molecule has 0 rings (SSSR count). The normalized spacial score (nSPS) is 9.79. The van der Waals surface area contributed by atoms with Crippen LogP contribution < -0.4 is 5.73 Å². The molecule has 0 aromatic heterocycles. The topological polar surface area (TPSA) is 76.2 Å². The van der Waals surface area contributed by atoms with Crippen LogP contribution in [0.15, 0.2) is 0 Å². The minimum absolute atomic E-state index is 0.119. The molecule has 4 nitrogen and oxygen atoms in total. The lowest BCUT2D eigenvalue weighted by Gasteiger charge is -2.01. The summed E-state index contributed by atoms with van der Waals surface area (Å²) >= 11 is 1.35. The van der Waals surface area contributed by atoms with Gasteiger partial charge in [-0.2, -0.15) is 0 Å². The van der Waals surface area contributed by atoms with Gasteiger partial charge in [-0.15, -0.1) is 0 Å². The highest BCUT2D eigenvalue weighted by molar-refractivity contribution is 8.13. The maximum absolute atomic E-state index is 10.9. The Morgan fingerprint density at radius 1 is 1.43 bits per heavy atom. The van der Waals surface area contributed by atoms with Crippen molar-refractivity contribution in [3.8, 4) is 0 Å². The van der Waals surface area contributed by atoms with Crippen LogP contribution in [0.5, 0.6) is 0 Å². The SMILES string of the molecule is CCOC(=O)CCCCCSC(=N)N. The zero-order valence-electron chi connectivity index (χ0n) is 8.54. The monoisotopic (exact) mass is 218 g/mol. The molecule has 0 aliphatic rings. The van der Waals surface area contributed by atoms with E-state index in [1.165, 1.54) is 11.8 Å². The van der Waals surface area contributed by atoms with E-state index >= 15 is 0 Å². The highest BCUT2D eigenvalue weighted by Gasteiger charge is 2.00. The standard InChI is InChI=1S/C9H18N2O2S/c1-2-13-8(12)6-4-3-5-7-14-9(10)11/h2-7H2,1H3,(H3,10,11). The molecule has 0 aromatic carbocycles. The van der Waals surface area contributed by atoms with Gasteiger partial charge < -0.3 is 10.5 Å². The molecule has 0 amide bonds. The number of nitrogens with two attached hydrogens (primary N) is 1. The first kappa shape index (κ1) is 13.3. The number of ether oxygens (including phenoxy) is 1. The Bertz CT molecular complexity index is 186. The van der Waals surface area contributed by atoms with Crippen LogP contribution in [0.1, 0.15) is 32.6 Å². The molecule has 0 heterocycles. The lowest BCUT2D eigenvalue weighted by Crippen LogP contribution is -2.05. The number of thioether (sulfide) groups is 1. The van der Waals surface area contributed by atoms with E-state index in [0.29, 0.717) is 13.0 Å². The first-order valence-electron chi connectivity index (χ1n) is 4.79. The molecule has 0 radical (unpaired) electrons. The molecule has 0 saturated carbocycles. The molecule has 0 bridgehead atoms. The van der Waals surface area contributed by atoms with Gasteiger partial charge in [0.05, 0.1) is 6.61 Å². The van der Waals surface area contributed by atoms with Crippen molar-refractivity contribution in [2.45, 2.75) is 32.6 Å². The second-order valence-corrected chi connectivity index (χ2v) is 3.97. The van der Waals surface area contributed by atoms with Gasteiger partial charge in [-0.1, -0.05) is 18.2 Å². The van der Waals surface area contributed by atoms with Crippen LogP contribution in [0.3, 0.4) is 0 Å². The van der Waals surface area contributed by atoms with E-state index in [9.17, 15) is 4.79 Å². The molecule has 3 N–H and O–H groups in total. The Morgan fingerprint density at radius 2 is 2.14 bits per heavy atom. The second-order valence-electron chi connectivity index (χ2n) is 2.83. The van der Waals surface area contributed by atoms with Gasteiger partial charge in [0.25, 0.3) is 0 Å². The minimum atomic E-state index is -0.119. The number of nitrogens with one attached hydrogen (secondary N) is 1. The Kier molecular flexibility index (Phi) is 8.42. The molecule has 5 heteroatoms. The molecule has 0 spiro atoms. The quantitative estimate of drug-likeness (QED) is 0.295. The number of carbonyl (C=O) groups excluding carboxylic acids is 1. The van der Waals surface area contributed by atoms with Gasteiger partial charge in [-0.3, -0.25) is 10.2 Å². The molecule has 0 unspecified atom stereocenters. The predicted molar refractivity (Wildman–Crippen MR) is 59.5 cm³/mol. The van der Waals surface area contributed by atoms with Crippen molar-refractivity contribution in [1.82, 2.24) is 0 Å². The van der Waals surface area contributed by atoms with Gasteiger partial charge in [0.2, 0.25) is 0 Å². The molecule has 0 aliphatic carbocycles. The van der Waals surface area contributed by atoms with Crippen molar-refractivity contribution in [1.29, 1.82) is 5.41 Å². The van der Waals surface area contributed by atoms with Crippen molar-refractivity contribution < 1.29 is 9.53 Å². The fourth-order valence-corrected chi connectivity index (χ4v) is 1.53. The Hall–Kier alpha value is -0.710. The Balaban J connectivity index is 3.13. The summed E-state index contributed by atoms with van der Waals surface area (Å²) in [5, 5.41) is 7.13. The maximum atomic E-state index is 10.9. The highest BCUT2D eigenvalue weighted by Crippen LogP contribution is 2.07. The van der Waals surface area contributed by atoms with Crippen LogP contribution in [0.25, 0.3) is 0 Å². The van der Waals surface area contributed by atoms with Crippen molar-refractivity contribution in [2.75, 3.05) is 12.4 Å². The third-order valence-corrected chi connectivity index (χ3v) is 2.39. The Labute approximate surface area is 89.1 Å². The largest absolute Gasteiger partial charge is 0.466 e. The lowest BCUT2D eigenvalue weighted by atomic mass is 10.2. The zero-order chi connectivity index (χ0) is 10.8. The molecule has 0 atom stereocenters. The van der Waals surface area contributed by atoms with Gasteiger partial charge in [-0.25, -0.2) is 0 Å². The van der Waals surface area contributed by atoms with Crippen molar-refractivity contribution >= 4 is 22.9 Å². The van der Waals surface area contributed by atoms with Crippen LogP contribution in [-0.4, -0.2) is 23.5 Å². The molecular formula is C9H18N2O2S.